The number of pyridine rings is 1. The first kappa shape index (κ1) is 12.0. The van der Waals surface area contributed by atoms with E-state index in [1.165, 1.54) is 5.56 Å². The lowest BCUT2D eigenvalue weighted by Crippen LogP contribution is -2.08. The summed E-state index contributed by atoms with van der Waals surface area (Å²) in [5.41, 5.74) is 3.45. The number of benzene rings is 1. The van der Waals surface area contributed by atoms with E-state index in [1.54, 1.807) is 0 Å². The number of hydrogen-bond acceptors (Lipinski definition) is 2. The van der Waals surface area contributed by atoms with Crippen LogP contribution in [-0.2, 0) is 6.42 Å². The van der Waals surface area contributed by atoms with Crippen molar-refractivity contribution in [1.29, 1.82) is 0 Å². The van der Waals surface area contributed by atoms with Crippen LogP contribution >= 0.6 is 27.5 Å². The first-order chi connectivity index (χ1) is 8.74. The van der Waals surface area contributed by atoms with Crippen molar-refractivity contribution in [2.45, 2.75) is 18.9 Å². The van der Waals surface area contributed by atoms with E-state index in [-0.39, 0.29) is 6.04 Å². The van der Waals surface area contributed by atoms with Gasteiger partial charge in [-0.3, -0.25) is 4.98 Å². The molecule has 1 atom stereocenters. The lowest BCUT2D eigenvalue weighted by molar-refractivity contribution is 0.746. The fourth-order valence-corrected chi connectivity index (χ4v) is 3.08. The van der Waals surface area contributed by atoms with Crippen molar-refractivity contribution in [3.8, 4) is 0 Å². The molecule has 0 saturated heterocycles. The highest BCUT2D eigenvalue weighted by molar-refractivity contribution is 9.10. The number of nitrogens with one attached hydrogen (secondary N) is 1. The van der Waals surface area contributed by atoms with E-state index in [1.807, 2.05) is 30.5 Å². The third kappa shape index (κ3) is 2.25. The van der Waals surface area contributed by atoms with Crippen LogP contribution in [0.15, 0.2) is 41.0 Å². The monoisotopic (exact) mass is 322 g/mol. The molecule has 4 heteroatoms. The summed E-state index contributed by atoms with van der Waals surface area (Å²) in [7, 11) is 0. The molecule has 0 bridgehead atoms. The summed E-state index contributed by atoms with van der Waals surface area (Å²) in [4.78, 5) is 4.47. The van der Waals surface area contributed by atoms with E-state index in [2.05, 4.69) is 32.3 Å². The zero-order valence-corrected chi connectivity index (χ0v) is 12.0. The fourth-order valence-electron chi connectivity index (χ4n) is 2.35. The second-order valence-electron chi connectivity index (χ2n) is 4.41. The smallest absolute Gasteiger partial charge is 0.0691 e. The maximum absolute atomic E-state index is 6.22. The van der Waals surface area contributed by atoms with Crippen molar-refractivity contribution in [3.63, 3.8) is 0 Å². The van der Waals surface area contributed by atoms with Crippen LogP contribution in [0.5, 0.6) is 0 Å². The Labute approximate surface area is 120 Å². The van der Waals surface area contributed by atoms with Crippen LogP contribution in [0.2, 0.25) is 5.02 Å². The molecule has 1 unspecified atom stereocenters. The maximum atomic E-state index is 6.22. The van der Waals surface area contributed by atoms with Gasteiger partial charge in [0.05, 0.1) is 22.4 Å². The van der Waals surface area contributed by atoms with Crippen LogP contribution in [0.25, 0.3) is 0 Å². The highest BCUT2D eigenvalue weighted by Crippen LogP contribution is 2.34. The van der Waals surface area contributed by atoms with E-state index in [9.17, 15) is 0 Å². The molecule has 1 aliphatic rings. The van der Waals surface area contributed by atoms with Gasteiger partial charge in [-0.1, -0.05) is 33.6 Å². The van der Waals surface area contributed by atoms with Gasteiger partial charge in [0.1, 0.15) is 0 Å². The quantitative estimate of drug-likeness (QED) is 0.874. The lowest BCUT2D eigenvalue weighted by Gasteiger charge is -2.15. The summed E-state index contributed by atoms with van der Waals surface area (Å²) in [6, 6.07) is 10.3. The summed E-state index contributed by atoms with van der Waals surface area (Å²) in [6.07, 6.45) is 4.00. The normalized spacial score (nSPS) is 17.6. The fraction of sp³-hybridized carbons (Fsp3) is 0.214. The molecule has 18 heavy (non-hydrogen) atoms. The molecule has 0 radical (unpaired) electrons. The molecule has 92 valence electrons. The minimum Gasteiger partial charge on any atom is -0.375 e. The minimum absolute atomic E-state index is 0.264. The Kier molecular flexibility index (Phi) is 3.27. The third-order valence-corrected chi connectivity index (χ3v) is 4.03. The molecule has 3 rings (SSSR count). The first-order valence-corrected chi connectivity index (χ1v) is 7.06. The standard InChI is InChI=1S/C14H12BrClN2/c15-10-4-6-12(11(16)8-10)18-13-5-3-9-2-1-7-17-14(9)13/h1-2,4,6-8,13,18H,3,5H2. The van der Waals surface area contributed by atoms with Crippen LogP contribution in [0.3, 0.4) is 0 Å². The van der Waals surface area contributed by atoms with Gasteiger partial charge in [-0.15, -0.1) is 0 Å². The zero-order chi connectivity index (χ0) is 12.5. The summed E-state index contributed by atoms with van der Waals surface area (Å²) in [5.74, 6) is 0. The molecule has 0 amide bonds. The van der Waals surface area contributed by atoms with Crippen molar-refractivity contribution in [1.82, 2.24) is 4.98 Å². The van der Waals surface area contributed by atoms with Crippen LogP contribution in [0.1, 0.15) is 23.7 Å². The highest BCUT2D eigenvalue weighted by atomic mass is 79.9. The predicted octanol–water partition coefficient (Wildman–Crippen LogP) is 4.60. The molecule has 0 aliphatic heterocycles. The van der Waals surface area contributed by atoms with Gasteiger partial charge in [0.2, 0.25) is 0 Å². The predicted molar refractivity (Wildman–Crippen MR) is 78.1 cm³/mol. The molecular formula is C14H12BrClN2. The van der Waals surface area contributed by atoms with E-state index >= 15 is 0 Å². The Morgan fingerprint density at radius 1 is 1.33 bits per heavy atom. The molecule has 1 N–H and O–H groups in total. The molecule has 1 aliphatic carbocycles. The Bertz CT molecular complexity index is 586. The molecule has 1 heterocycles. The Hall–Kier alpha value is -1.06. The summed E-state index contributed by atoms with van der Waals surface area (Å²) < 4.78 is 0.989. The first-order valence-electron chi connectivity index (χ1n) is 5.89. The Morgan fingerprint density at radius 3 is 3.06 bits per heavy atom. The molecule has 2 nitrogen and oxygen atoms in total. The van der Waals surface area contributed by atoms with Crippen molar-refractivity contribution in [3.05, 3.63) is 57.3 Å². The van der Waals surface area contributed by atoms with Crippen molar-refractivity contribution < 1.29 is 0 Å². The van der Waals surface area contributed by atoms with E-state index in [0.29, 0.717) is 0 Å². The minimum atomic E-state index is 0.264. The van der Waals surface area contributed by atoms with E-state index in [4.69, 9.17) is 11.6 Å². The van der Waals surface area contributed by atoms with Gasteiger partial charge in [0, 0.05) is 10.7 Å². The molecular weight excluding hydrogens is 312 g/mol. The van der Waals surface area contributed by atoms with Crippen molar-refractivity contribution in [2.24, 2.45) is 0 Å². The van der Waals surface area contributed by atoms with Gasteiger partial charge in [-0.2, -0.15) is 0 Å². The Morgan fingerprint density at radius 2 is 2.22 bits per heavy atom. The highest BCUT2D eigenvalue weighted by Gasteiger charge is 2.23. The number of nitrogens with zero attached hydrogens (tertiary/aromatic N) is 1. The van der Waals surface area contributed by atoms with Gasteiger partial charge in [0.25, 0.3) is 0 Å². The van der Waals surface area contributed by atoms with Crippen molar-refractivity contribution >= 4 is 33.2 Å². The largest absolute Gasteiger partial charge is 0.375 e. The molecule has 0 fully saturated rings. The Balaban J connectivity index is 1.86. The van der Waals surface area contributed by atoms with Crippen LogP contribution in [0.4, 0.5) is 5.69 Å². The van der Waals surface area contributed by atoms with Crippen molar-refractivity contribution in [2.75, 3.05) is 5.32 Å². The number of hydrogen-bond donors (Lipinski definition) is 1. The van der Waals surface area contributed by atoms with Gasteiger partial charge < -0.3 is 5.32 Å². The molecule has 2 aromatic rings. The average Bonchev–Trinajstić information content (AvgIpc) is 2.76. The average molecular weight is 324 g/mol. The number of anilines is 1. The lowest BCUT2D eigenvalue weighted by atomic mass is 10.2. The van der Waals surface area contributed by atoms with Gasteiger partial charge >= 0.3 is 0 Å². The topological polar surface area (TPSA) is 24.9 Å². The van der Waals surface area contributed by atoms with Gasteiger partial charge in [0.15, 0.2) is 0 Å². The second-order valence-corrected chi connectivity index (χ2v) is 5.73. The SMILES string of the molecule is Clc1cc(Br)ccc1NC1CCc2cccnc21. The summed E-state index contributed by atoms with van der Waals surface area (Å²) >= 11 is 9.63. The summed E-state index contributed by atoms with van der Waals surface area (Å²) in [6.45, 7) is 0. The van der Waals surface area contributed by atoms with Crippen LogP contribution in [0, 0.1) is 0 Å². The molecule has 0 saturated carbocycles. The maximum Gasteiger partial charge on any atom is 0.0691 e. The van der Waals surface area contributed by atoms with E-state index in [0.717, 1.165) is 33.7 Å². The molecule has 0 spiro atoms. The zero-order valence-electron chi connectivity index (χ0n) is 9.66. The number of halogens is 2. The van der Waals surface area contributed by atoms with Gasteiger partial charge in [-0.05, 0) is 42.7 Å². The number of fused-ring (bicyclic) bond motifs is 1. The van der Waals surface area contributed by atoms with Crippen LogP contribution in [-0.4, -0.2) is 4.98 Å². The molecule has 1 aromatic carbocycles. The molecule has 1 aromatic heterocycles. The number of aromatic nitrogens is 1. The van der Waals surface area contributed by atoms with Crippen LogP contribution < -0.4 is 5.32 Å². The second kappa shape index (κ2) is 4.90. The number of rotatable bonds is 2. The summed E-state index contributed by atoms with van der Waals surface area (Å²) in [5, 5.41) is 4.21. The van der Waals surface area contributed by atoms with Gasteiger partial charge in [-0.25, -0.2) is 0 Å². The number of aryl methyl sites for hydroxylation is 1. The van der Waals surface area contributed by atoms with E-state index < -0.39 is 0 Å². The third-order valence-electron chi connectivity index (χ3n) is 3.22.